The molecule has 1 aromatic carbocycles. The topological polar surface area (TPSA) is 0 Å². The van der Waals surface area contributed by atoms with Crippen molar-refractivity contribution in [2.75, 3.05) is 0 Å². The van der Waals surface area contributed by atoms with Crippen molar-refractivity contribution < 1.29 is 0 Å². The van der Waals surface area contributed by atoms with Gasteiger partial charge in [-0.2, -0.15) is 0 Å². The highest BCUT2D eigenvalue weighted by Crippen LogP contribution is 2.64. The van der Waals surface area contributed by atoms with Crippen LogP contribution in [0.3, 0.4) is 0 Å². The molecule has 0 amide bonds. The summed E-state index contributed by atoms with van der Waals surface area (Å²) in [7, 11) is 0. The standard InChI is InChI=1S/C18H25Cl/c1-9-10(2)12(4)16(13(5)11(9)3)18(19)17-14-7-6-8-15(14)17/h14-15,17-18H,6-8H2,1-5H3. The molecule has 0 saturated heterocycles. The van der Waals surface area contributed by atoms with Gasteiger partial charge in [0, 0.05) is 0 Å². The highest BCUT2D eigenvalue weighted by atomic mass is 35.5. The lowest BCUT2D eigenvalue weighted by atomic mass is 9.86. The van der Waals surface area contributed by atoms with Gasteiger partial charge in [-0.3, -0.25) is 0 Å². The van der Waals surface area contributed by atoms with Crippen molar-refractivity contribution in [1.82, 2.24) is 0 Å². The third-order valence-electron chi connectivity index (χ3n) is 6.14. The van der Waals surface area contributed by atoms with Crippen molar-refractivity contribution in [2.24, 2.45) is 17.8 Å². The van der Waals surface area contributed by atoms with Crippen molar-refractivity contribution in [3.8, 4) is 0 Å². The van der Waals surface area contributed by atoms with Crippen molar-refractivity contribution in [3.63, 3.8) is 0 Å². The lowest BCUT2D eigenvalue weighted by Gasteiger charge is -2.23. The Morgan fingerprint density at radius 2 is 1.21 bits per heavy atom. The fraction of sp³-hybridized carbons (Fsp3) is 0.667. The van der Waals surface area contributed by atoms with E-state index in [-0.39, 0.29) is 5.38 Å². The van der Waals surface area contributed by atoms with Gasteiger partial charge in [0.15, 0.2) is 0 Å². The van der Waals surface area contributed by atoms with Gasteiger partial charge in [0.1, 0.15) is 0 Å². The van der Waals surface area contributed by atoms with E-state index in [0.717, 1.165) is 17.8 Å². The second-order valence-electron chi connectivity index (χ2n) is 6.78. The number of hydrogen-bond acceptors (Lipinski definition) is 0. The maximum atomic E-state index is 6.91. The van der Waals surface area contributed by atoms with E-state index in [1.165, 1.54) is 52.6 Å². The quantitative estimate of drug-likeness (QED) is 0.621. The summed E-state index contributed by atoms with van der Waals surface area (Å²) >= 11 is 6.91. The Morgan fingerprint density at radius 1 is 0.789 bits per heavy atom. The van der Waals surface area contributed by atoms with Crippen molar-refractivity contribution in [2.45, 2.75) is 59.3 Å². The summed E-state index contributed by atoms with van der Waals surface area (Å²) in [6, 6.07) is 0. The third-order valence-corrected chi connectivity index (χ3v) is 6.65. The minimum Gasteiger partial charge on any atom is -0.117 e. The second-order valence-corrected chi connectivity index (χ2v) is 7.25. The fourth-order valence-corrected chi connectivity index (χ4v) is 5.15. The SMILES string of the molecule is Cc1c(C)c(C)c(C(Cl)C2C3CCCC32)c(C)c1C. The van der Waals surface area contributed by atoms with Gasteiger partial charge < -0.3 is 0 Å². The Bertz CT molecular complexity index is 490. The Hall–Kier alpha value is -0.490. The van der Waals surface area contributed by atoms with Crippen molar-refractivity contribution in [1.29, 1.82) is 0 Å². The van der Waals surface area contributed by atoms with Crippen LogP contribution >= 0.6 is 11.6 Å². The smallest absolute Gasteiger partial charge is 0.0624 e. The largest absolute Gasteiger partial charge is 0.117 e. The van der Waals surface area contributed by atoms with Crippen LogP contribution in [0.4, 0.5) is 0 Å². The lowest BCUT2D eigenvalue weighted by Crippen LogP contribution is -2.08. The van der Waals surface area contributed by atoms with Crippen LogP contribution in [0, 0.1) is 52.4 Å². The van der Waals surface area contributed by atoms with Gasteiger partial charge in [0.05, 0.1) is 5.38 Å². The molecule has 0 bridgehead atoms. The first-order valence-corrected chi connectivity index (χ1v) is 8.09. The minimum absolute atomic E-state index is 0.244. The number of fused-ring (bicyclic) bond motifs is 1. The van der Waals surface area contributed by atoms with Crippen LogP contribution in [0.5, 0.6) is 0 Å². The van der Waals surface area contributed by atoms with Crippen molar-refractivity contribution >= 4 is 11.6 Å². The summed E-state index contributed by atoms with van der Waals surface area (Å²) in [6.45, 7) is 11.3. The molecule has 0 radical (unpaired) electrons. The van der Waals surface area contributed by atoms with Crippen molar-refractivity contribution in [3.05, 3.63) is 33.4 Å². The Morgan fingerprint density at radius 3 is 1.68 bits per heavy atom. The Kier molecular flexibility index (Phi) is 3.21. The van der Waals surface area contributed by atoms with E-state index >= 15 is 0 Å². The molecule has 19 heavy (non-hydrogen) atoms. The summed E-state index contributed by atoms with van der Waals surface area (Å²) in [5, 5.41) is 0.244. The van der Waals surface area contributed by atoms with Gasteiger partial charge in [-0.15, -0.1) is 11.6 Å². The molecule has 1 heteroatoms. The first kappa shape index (κ1) is 13.5. The van der Waals surface area contributed by atoms with E-state index in [9.17, 15) is 0 Å². The van der Waals surface area contributed by atoms with E-state index in [1.807, 2.05) is 0 Å². The molecule has 2 aliphatic carbocycles. The molecule has 0 heterocycles. The number of rotatable bonds is 2. The zero-order valence-corrected chi connectivity index (χ0v) is 13.6. The molecule has 0 nitrogen and oxygen atoms in total. The molecule has 2 saturated carbocycles. The number of alkyl halides is 1. The maximum absolute atomic E-state index is 6.91. The average molecular weight is 277 g/mol. The Labute approximate surface area is 122 Å². The monoisotopic (exact) mass is 276 g/mol. The fourth-order valence-electron chi connectivity index (χ4n) is 4.45. The van der Waals surface area contributed by atoms with Crippen LogP contribution < -0.4 is 0 Å². The zero-order chi connectivity index (χ0) is 13.9. The Balaban J connectivity index is 2.01. The van der Waals surface area contributed by atoms with Crippen LogP contribution in [0.2, 0.25) is 0 Å². The highest BCUT2D eigenvalue weighted by Gasteiger charge is 2.56. The van der Waals surface area contributed by atoms with Gasteiger partial charge in [0.2, 0.25) is 0 Å². The van der Waals surface area contributed by atoms with Crippen LogP contribution in [-0.2, 0) is 0 Å². The summed E-state index contributed by atoms with van der Waals surface area (Å²) in [5.74, 6) is 2.63. The zero-order valence-electron chi connectivity index (χ0n) is 12.8. The van der Waals surface area contributed by atoms with Gasteiger partial charge in [-0.25, -0.2) is 0 Å². The number of hydrogen-bond donors (Lipinski definition) is 0. The average Bonchev–Trinajstić information content (AvgIpc) is 2.87. The van der Waals surface area contributed by atoms with Crippen LogP contribution in [0.15, 0.2) is 0 Å². The van der Waals surface area contributed by atoms with E-state index in [4.69, 9.17) is 11.6 Å². The third kappa shape index (κ3) is 1.87. The molecule has 0 aromatic heterocycles. The summed E-state index contributed by atoms with van der Waals surface area (Å²) in [6.07, 6.45) is 4.26. The predicted octanol–water partition coefficient (Wildman–Crippen LogP) is 5.55. The first-order valence-electron chi connectivity index (χ1n) is 7.66. The maximum Gasteiger partial charge on any atom is 0.0624 e. The molecule has 2 aliphatic rings. The van der Waals surface area contributed by atoms with Gasteiger partial charge in [-0.05, 0) is 98.6 Å². The first-order chi connectivity index (χ1) is 8.95. The van der Waals surface area contributed by atoms with E-state index < -0.39 is 0 Å². The predicted molar refractivity (Wildman–Crippen MR) is 83.0 cm³/mol. The van der Waals surface area contributed by atoms with Gasteiger partial charge in [-0.1, -0.05) is 6.42 Å². The van der Waals surface area contributed by atoms with Gasteiger partial charge in [0.25, 0.3) is 0 Å². The summed E-state index contributed by atoms with van der Waals surface area (Å²) < 4.78 is 0. The molecule has 0 aliphatic heterocycles. The highest BCUT2D eigenvalue weighted by molar-refractivity contribution is 6.21. The van der Waals surface area contributed by atoms with Crippen LogP contribution in [0.25, 0.3) is 0 Å². The van der Waals surface area contributed by atoms with Crippen LogP contribution in [0.1, 0.15) is 58.0 Å². The molecule has 3 atom stereocenters. The molecule has 104 valence electrons. The molecule has 3 rings (SSSR count). The number of halogens is 1. The molecule has 0 spiro atoms. The van der Waals surface area contributed by atoms with Gasteiger partial charge >= 0.3 is 0 Å². The molecular formula is C18H25Cl. The summed E-state index contributed by atoms with van der Waals surface area (Å²) in [5.41, 5.74) is 8.64. The minimum atomic E-state index is 0.244. The molecule has 3 unspecified atom stereocenters. The molecule has 2 fully saturated rings. The molecular weight excluding hydrogens is 252 g/mol. The molecule has 1 aromatic rings. The number of benzene rings is 1. The van der Waals surface area contributed by atoms with Crippen LogP contribution in [-0.4, -0.2) is 0 Å². The van der Waals surface area contributed by atoms with E-state index in [2.05, 4.69) is 34.6 Å². The normalized spacial score (nSPS) is 30.3. The second kappa shape index (κ2) is 4.52. The van der Waals surface area contributed by atoms with E-state index in [1.54, 1.807) is 0 Å². The lowest BCUT2D eigenvalue weighted by molar-refractivity contribution is 0.571. The molecule has 0 N–H and O–H groups in total. The van der Waals surface area contributed by atoms with E-state index in [0.29, 0.717) is 0 Å². The summed E-state index contributed by atoms with van der Waals surface area (Å²) in [4.78, 5) is 0.